The molecule has 0 aliphatic heterocycles. The highest BCUT2D eigenvalue weighted by Gasteiger charge is 2.07. The molecule has 0 unspecified atom stereocenters. The van der Waals surface area contributed by atoms with Crippen LogP contribution in [0.4, 0.5) is 0 Å². The summed E-state index contributed by atoms with van der Waals surface area (Å²) in [6, 6.07) is 4.11. The lowest BCUT2D eigenvalue weighted by Crippen LogP contribution is -2.28. The Morgan fingerprint density at radius 1 is 1.38 bits per heavy atom. The van der Waals surface area contributed by atoms with E-state index in [2.05, 4.69) is 10.4 Å². The van der Waals surface area contributed by atoms with Crippen molar-refractivity contribution in [2.45, 2.75) is 18.9 Å². The Morgan fingerprint density at radius 3 is 2.62 bits per heavy atom. The fourth-order valence-electron chi connectivity index (χ4n) is 1.26. The lowest BCUT2D eigenvalue weighted by molar-refractivity contribution is 0.501. The molecule has 0 saturated carbocycles. The maximum absolute atomic E-state index is 5.43. The molecule has 0 saturated heterocycles. The minimum absolute atomic E-state index is 0.187. The van der Waals surface area contributed by atoms with Crippen LogP contribution in [0.25, 0.3) is 0 Å². The highest BCUT2D eigenvalue weighted by molar-refractivity contribution is 5.14. The van der Waals surface area contributed by atoms with Crippen LogP contribution >= 0.6 is 0 Å². The van der Waals surface area contributed by atoms with Crippen molar-refractivity contribution in [1.29, 1.82) is 0 Å². The molecule has 1 aromatic rings. The molecule has 13 heavy (non-hydrogen) atoms. The molecule has 0 radical (unpaired) electrons. The summed E-state index contributed by atoms with van der Waals surface area (Å²) in [5.74, 6) is 5.43. The molecule has 4 nitrogen and oxygen atoms in total. The van der Waals surface area contributed by atoms with Gasteiger partial charge in [0.1, 0.15) is 0 Å². The number of nitrogens with one attached hydrogen (secondary N) is 1. The van der Waals surface area contributed by atoms with Gasteiger partial charge < -0.3 is 5.73 Å². The van der Waals surface area contributed by atoms with Gasteiger partial charge in [-0.3, -0.25) is 16.3 Å². The van der Waals surface area contributed by atoms with E-state index < -0.39 is 0 Å². The van der Waals surface area contributed by atoms with Gasteiger partial charge in [-0.15, -0.1) is 0 Å². The van der Waals surface area contributed by atoms with Crippen molar-refractivity contribution in [3.63, 3.8) is 0 Å². The SMILES string of the molecule is NCCC[C@H](NN)c1ccncc1. The average Bonchev–Trinajstić information content (AvgIpc) is 2.21. The predicted molar refractivity (Wildman–Crippen MR) is 52.6 cm³/mol. The molecule has 0 amide bonds. The molecular weight excluding hydrogens is 164 g/mol. The van der Waals surface area contributed by atoms with Gasteiger partial charge in [0.15, 0.2) is 0 Å². The van der Waals surface area contributed by atoms with Gasteiger partial charge >= 0.3 is 0 Å². The van der Waals surface area contributed by atoms with E-state index in [-0.39, 0.29) is 6.04 Å². The first-order valence-corrected chi connectivity index (χ1v) is 4.44. The van der Waals surface area contributed by atoms with Gasteiger partial charge in [-0.1, -0.05) is 0 Å². The minimum Gasteiger partial charge on any atom is -0.330 e. The smallest absolute Gasteiger partial charge is 0.0461 e. The van der Waals surface area contributed by atoms with E-state index in [0.717, 1.165) is 18.4 Å². The van der Waals surface area contributed by atoms with Crippen molar-refractivity contribution in [3.05, 3.63) is 30.1 Å². The normalized spacial score (nSPS) is 12.8. The molecule has 72 valence electrons. The van der Waals surface area contributed by atoms with E-state index in [1.807, 2.05) is 12.1 Å². The van der Waals surface area contributed by atoms with Gasteiger partial charge in [-0.2, -0.15) is 0 Å². The quantitative estimate of drug-likeness (QED) is 0.450. The Balaban J connectivity index is 2.56. The zero-order valence-corrected chi connectivity index (χ0v) is 7.61. The first kappa shape index (κ1) is 10.1. The van der Waals surface area contributed by atoms with Crippen LogP contribution in [0.5, 0.6) is 0 Å². The highest BCUT2D eigenvalue weighted by Crippen LogP contribution is 2.15. The van der Waals surface area contributed by atoms with E-state index >= 15 is 0 Å². The molecule has 0 bridgehead atoms. The van der Waals surface area contributed by atoms with Crippen molar-refractivity contribution in [2.75, 3.05) is 6.54 Å². The molecule has 0 aromatic carbocycles. The number of nitrogens with two attached hydrogens (primary N) is 2. The van der Waals surface area contributed by atoms with Crippen LogP contribution in [-0.2, 0) is 0 Å². The van der Waals surface area contributed by atoms with Crippen LogP contribution in [0.3, 0.4) is 0 Å². The topological polar surface area (TPSA) is 77.0 Å². The zero-order chi connectivity index (χ0) is 9.52. The van der Waals surface area contributed by atoms with Crippen LogP contribution in [0.2, 0.25) is 0 Å². The molecule has 1 aromatic heterocycles. The second-order valence-corrected chi connectivity index (χ2v) is 2.93. The first-order valence-electron chi connectivity index (χ1n) is 4.44. The summed E-state index contributed by atoms with van der Waals surface area (Å²) in [5, 5.41) is 0. The Bertz CT molecular complexity index is 224. The van der Waals surface area contributed by atoms with Crippen molar-refractivity contribution < 1.29 is 0 Å². The zero-order valence-electron chi connectivity index (χ0n) is 7.61. The summed E-state index contributed by atoms with van der Waals surface area (Å²) in [6.07, 6.45) is 5.46. The summed E-state index contributed by atoms with van der Waals surface area (Å²) in [5.41, 5.74) is 9.36. The number of pyridine rings is 1. The lowest BCUT2D eigenvalue weighted by Gasteiger charge is -2.15. The standard InChI is InChI=1S/C9H16N4/c10-5-1-2-9(13-11)8-3-6-12-7-4-8/h3-4,6-7,9,13H,1-2,5,10-11H2/t9-/m0/s1. The largest absolute Gasteiger partial charge is 0.330 e. The van der Waals surface area contributed by atoms with Crippen LogP contribution in [0, 0.1) is 0 Å². The predicted octanol–water partition coefficient (Wildman–Crippen LogP) is 0.325. The maximum Gasteiger partial charge on any atom is 0.0461 e. The van der Waals surface area contributed by atoms with E-state index in [1.165, 1.54) is 0 Å². The minimum atomic E-state index is 0.187. The number of aromatic nitrogens is 1. The maximum atomic E-state index is 5.43. The van der Waals surface area contributed by atoms with E-state index in [4.69, 9.17) is 11.6 Å². The molecule has 4 heteroatoms. The molecule has 1 rings (SSSR count). The Kier molecular flexibility index (Phi) is 4.39. The van der Waals surface area contributed by atoms with Crippen molar-refractivity contribution in [3.8, 4) is 0 Å². The van der Waals surface area contributed by atoms with E-state index in [9.17, 15) is 0 Å². The summed E-state index contributed by atoms with van der Waals surface area (Å²) < 4.78 is 0. The van der Waals surface area contributed by atoms with Gasteiger partial charge in [0.2, 0.25) is 0 Å². The average molecular weight is 180 g/mol. The van der Waals surface area contributed by atoms with Gasteiger partial charge in [0.25, 0.3) is 0 Å². The second-order valence-electron chi connectivity index (χ2n) is 2.93. The summed E-state index contributed by atoms with van der Waals surface area (Å²) in [6.45, 7) is 0.698. The molecule has 0 fully saturated rings. The number of rotatable bonds is 5. The number of hydrogen-bond acceptors (Lipinski definition) is 4. The van der Waals surface area contributed by atoms with Gasteiger partial charge in [-0.05, 0) is 37.1 Å². The van der Waals surface area contributed by atoms with Crippen LogP contribution in [-0.4, -0.2) is 11.5 Å². The molecule has 1 atom stereocenters. The third-order valence-electron chi connectivity index (χ3n) is 2.01. The molecule has 0 aliphatic carbocycles. The van der Waals surface area contributed by atoms with Crippen molar-refractivity contribution >= 4 is 0 Å². The number of nitrogens with zero attached hydrogens (tertiary/aromatic N) is 1. The fraction of sp³-hybridized carbons (Fsp3) is 0.444. The third-order valence-corrected chi connectivity index (χ3v) is 2.01. The number of hydrazine groups is 1. The van der Waals surface area contributed by atoms with E-state index in [1.54, 1.807) is 12.4 Å². The fourth-order valence-corrected chi connectivity index (χ4v) is 1.26. The highest BCUT2D eigenvalue weighted by atomic mass is 15.2. The molecule has 0 aliphatic rings. The Hall–Kier alpha value is -0.970. The molecule has 1 heterocycles. The molecular formula is C9H16N4. The van der Waals surface area contributed by atoms with Crippen LogP contribution in [0.1, 0.15) is 24.4 Å². The molecule has 5 N–H and O–H groups in total. The Labute approximate surface area is 78.3 Å². The summed E-state index contributed by atoms with van der Waals surface area (Å²) >= 11 is 0. The van der Waals surface area contributed by atoms with Gasteiger partial charge in [0.05, 0.1) is 0 Å². The summed E-state index contributed by atoms with van der Waals surface area (Å²) in [7, 11) is 0. The number of hydrogen-bond donors (Lipinski definition) is 3. The second kappa shape index (κ2) is 5.64. The van der Waals surface area contributed by atoms with Crippen molar-refractivity contribution in [1.82, 2.24) is 10.4 Å². The van der Waals surface area contributed by atoms with Crippen LogP contribution in [0.15, 0.2) is 24.5 Å². The van der Waals surface area contributed by atoms with Crippen LogP contribution < -0.4 is 17.0 Å². The third kappa shape index (κ3) is 3.10. The first-order chi connectivity index (χ1) is 6.38. The summed E-state index contributed by atoms with van der Waals surface area (Å²) in [4.78, 5) is 3.95. The Morgan fingerprint density at radius 2 is 2.08 bits per heavy atom. The van der Waals surface area contributed by atoms with Gasteiger partial charge in [0, 0.05) is 18.4 Å². The lowest BCUT2D eigenvalue weighted by atomic mass is 10.0. The monoisotopic (exact) mass is 180 g/mol. The van der Waals surface area contributed by atoms with Crippen molar-refractivity contribution in [2.24, 2.45) is 11.6 Å². The van der Waals surface area contributed by atoms with Gasteiger partial charge in [-0.25, -0.2) is 0 Å². The van der Waals surface area contributed by atoms with E-state index in [0.29, 0.717) is 6.54 Å². The molecule has 0 spiro atoms.